The Balaban J connectivity index is 1.54. The van der Waals surface area contributed by atoms with Gasteiger partial charge in [0.25, 0.3) is 5.91 Å². The monoisotopic (exact) mass is 332 g/mol. The van der Waals surface area contributed by atoms with Crippen LogP contribution in [0.15, 0.2) is 53.6 Å². The van der Waals surface area contributed by atoms with Crippen molar-refractivity contribution >= 4 is 23.7 Å². The van der Waals surface area contributed by atoms with Gasteiger partial charge in [-0.25, -0.2) is 5.43 Å². The molecule has 1 aliphatic rings. The van der Waals surface area contributed by atoms with Crippen LogP contribution in [-0.4, -0.2) is 18.0 Å². The molecule has 0 heterocycles. The van der Waals surface area contributed by atoms with Gasteiger partial charge in [0, 0.05) is 17.2 Å². The van der Waals surface area contributed by atoms with E-state index in [4.69, 9.17) is 5.26 Å². The van der Waals surface area contributed by atoms with Crippen molar-refractivity contribution in [1.82, 2.24) is 5.43 Å². The number of hydrazone groups is 1. The summed E-state index contributed by atoms with van der Waals surface area (Å²) in [7, 11) is 0. The molecule has 0 saturated heterocycles. The second-order valence-electron chi connectivity index (χ2n) is 5.77. The van der Waals surface area contributed by atoms with Crippen molar-refractivity contribution in [3.63, 3.8) is 0 Å². The van der Waals surface area contributed by atoms with E-state index in [1.54, 1.807) is 48.5 Å². The zero-order valence-corrected chi connectivity index (χ0v) is 13.4. The number of amides is 2. The van der Waals surface area contributed by atoms with Crippen LogP contribution < -0.4 is 10.7 Å². The molecule has 124 valence electrons. The van der Waals surface area contributed by atoms with Gasteiger partial charge in [0.2, 0.25) is 5.91 Å². The Morgan fingerprint density at radius 3 is 2.36 bits per heavy atom. The highest BCUT2D eigenvalue weighted by Crippen LogP contribution is 2.30. The van der Waals surface area contributed by atoms with Gasteiger partial charge in [-0.2, -0.15) is 10.4 Å². The average molecular weight is 332 g/mol. The highest BCUT2D eigenvalue weighted by Gasteiger charge is 2.29. The number of hydrogen-bond donors (Lipinski definition) is 2. The fraction of sp³-hybridized carbons (Fsp3) is 0.158. The van der Waals surface area contributed by atoms with Crippen LogP contribution in [0.5, 0.6) is 0 Å². The Hall–Kier alpha value is -3.46. The highest BCUT2D eigenvalue weighted by molar-refractivity contribution is 5.97. The van der Waals surface area contributed by atoms with E-state index >= 15 is 0 Å². The van der Waals surface area contributed by atoms with Crippen LogP contribution in [0.2, 0.25) is 0 Å². The molecule has 0 aromatic heterocycles. The summed E-state index contributed by atoms with van der Waals surface area (Å²) in [6.45, 7) is 0. The molecule has 1 saturated carbocycles. The normalized spacial score (nSPS) is 13.2. The maximum Gasteiger partial charge on any atom is 0.271 e. The second kappa shape index (κ2) is 7.41. The number of nitrogens with one attached hydrogen (secondary N) is 2. The largest absolute Gasteiger partial charge is 0.326 e. The Bertz CT molecular complexity index is 844. The lowest BCUT2D eigenvalue weighted by Gasteiger charge is -2.05. The van der Waals surface area contributed by atoms with Crippen LogP contribution in [-0.2, 0) is 4.79 Å². The molecule has 6 nitrogen and oxygen atoms in total. The quantitative estimate of drug-likeness (QED) is 0.651. The summed E-state index contributed by atoms with van der Waals surface area (Å²) >= 11 is 0. The molecule has 0 unspecified atom stereocenters. The lowest BCUT2D eigenvalue weighted by molar-refractivity contribution is -0.117. The van der Waals surface area contributed by atoms with Crippen molar-refractivity contribution in [1.29, 1.82) is 5.26 Å². The number of anilines is 1. The van der Waals surface area contributed by atoms with E-state index in [9.17, 15) is 9.59 Å². The summed E-state index contributed by atoms with van der Waals surface area (Å²) in [6.07, 6.45) is 3.40. The fourth-order valence-corrected chi connectivity index (χ4v) is 2.17. The van der Waals surface area contributed by atoms with Crippen LogP contribution in [0.25, 0.3) is 0 Å². The fourth-order valence-electron chi connectivity index (χ4n) is 2.17. The summed E-state index contributed by atoms with van der Waals surface area (Å²) in [5.74, 6) is -0.172. The van der Waals surface area contributed by atoms with Crippen LogP contribution in [0.4, 0.5) is 5.69 Å². The van der Waals surface area contributed by atoms with Crippen molar-refractivity contribution in [2.45, 2.75) is 12.8 Å². The van der Waals surface area contributed by atoms with E-state index in [1.165, 1.54) is 6.21 Å². The third-order valence-electron chi connectivity index (χ3n) is 3.78. The van der Waals surface area contributed by atoms with Gasteiger partial charge in [-0.3, -0.25) is 9.59 Å². The van der Waals surface area contributed by atoms with E-state index < -0.39 is 0 Å². The van der Waals surface area contributed by atoms with Gasteiger partial charge in [-0.05, 0) is 54.8 Å². The van der Waals surface area contributed by atoms with Crippen molar-refractivity contribution in [3.8, 4) is 6.07 Å². The summed E-state index contributed by atoms with van der Waals surface area (Å²) in [6, 6.07) is 15.5. The van der Waals surface area contributed by atoms with E-state index in [1.807, 2.05) is 6.07 Å². The SMILES string of the molecule is N#Cc1ccc(/C=N/NC(=O)c2ccc(NC(=O)C3CC3)cc2)cc1. The van der Waals surface area contributed by atoms with Crippen molar-refractivity contribution in [2.24, 2.45) is 11.0 Å². The highest BCUT2D eigenvalue weighted by atomic mass is 16.2. The van der Waals surface area contributed by atoms with Crippen LogP contribution >= 0.6 is 0 Å². The molecule has 1 aliphatic carbocycles. The Labute approximate surface area is 145 Å². The molecule has 0 aliphatic heterocycles. The molecule has 2 amide bonds. The minimum absolute atomic E-state index is 0.0317. The Kier molecular flexibility index (Phi) is 4.86. The number of carbonyl (C=O) groups excluding carboxylic acids is 2. The minimum atomic E-state index is -0.343. The summed E-state index contributed by atoms with van der Waals surface area (Å²) in [5, 5.41) is 15.5. The minimum Gasteiger partial charge on any atom is -0.326 e. The molecular formula is C19H16N4O2. The Morgan fingerprint density at radius 1 is 1.08 bits per heavy atom. The maximum atomic E-state index is 12.0. The predicted octanol–water partition coefficient (Wildman–Crippen LogP) is 2.67. The molecule has 0 atom stereocenters. The number of carbonyl (C=O) groups is 2. The molecular weight excluding hydrogens is 316 g/mol. The first kappa shape index (κ1) is 16.4. The topological polar surface area (TPSA) is 94.3 Å². The molecule has 2 aromatic carbocycles. The standard InChI is InChI=1S/C19H16N4O2/c20-11-13-1-3-14(4-2-13)12-21-23-19(25)16-7-9-17(10-8-16)22-18(24)15-5-6-15/h1-4,7-10,12,15H,5-6H2,(H,22,24)(H,23,25)/b21-12+. The lowest BCUT2D eigenvalue weighted by atomic mass is 10.2. The van der Waals surface area contributed by atoms with Crippen LogP contribution in [0.3, 0.4) is 0 Å². The summed E-state index contributed by atoms with van der Waals surface area (Å²) in [5.41, 5.74) is 4.90. The molecule has 0 radical (unpaired) electrons. The predicted molar refractivity (Wildman–Crippen MR) is 94.0 cm³/mol. The molecule has 3 rings (SSSR count). The molecule has 6 heteroatoms. The van der Waals surface area contributed by atoms with Gasteiger partial charge in [0.05, 0.1) is 17.8 Å². The van der Waals surface area contributed by atoms with Gasteiger partial charge in [-0.15, -0.1) is 0 Å². The van der Waals surface area contributed by atoms with Crippen molar-refractivity contribution in [3.05, 3.63) is 65.2 Å². The first-order chi connectivity index (χ1) is 12.2. The van der Waals surface area contributed by atoms with E-state index in [0.29, 0.717) is 16.8 Å². The third-order valence-corrected chi connectivity index (χ3v) is 3.78. The lowest BCUT2D eigenvalue weighted by Crippen LogP contribution is -2.18. The van der Waals surface area contributed by atoms with Crippen LogP contribution in [0, 0.1) is 17.2 Å². The number of rotatable bonds is 5. The smallest absolute Gasteiger partial charge is 0.271 e. The van der Waals surface area contributed by atoms with Gasteiger partial charge >= 0.3 is 0 Å². The van der Waals surface area contributed by atoms with E-state index in [-0.39, 0.29) is 17.7 Å². The van der Waals surface area contributed by atoms with Crippen molar-refractivity contribution < 1.29 is 9.59 Å². The first-order valence-electron chi connectivity index (χ1n) is 7.90. The van der Waals surface area contributed by atoms with Gasteiger partial charge in [0.15, 0.2) is 0 Å². The molecule has 2 aromatic rings. The van der Waals surface area contributed by atoms with Gasteiger partial charge in [0.1, 0.15) is 0 Å². The van der Waals surface area contributed by atoms with Gasteiger partial charge in [-0.1, -0.05) is 12.1 Å². The Morgan fingerprint density at radius 2 is 1.76 bits per heavy atom. The van der Waals surface area contributed by atoms with Crippen LogP contribution in [0.1, 0.15) is 34.3 Å². The average Bonchev–Trinajstić information content (AvgIpc) is 3.48. The molecule has 0 bridgehead atoms. The molecule has 25 heavy (non-hydrogen) atoms. The van der Waals surface area contributed by atoms with Crippen molar-refractivity contribution in [2.75, 3.05) is 5.32 Å². The van der Waals surface area contributed by atoms with E-state index in [2.05, 4.69) is 15.8 Å². The molecule has 1 fully saturated rings. The zero-order chi connectivity index (χ0) is 17.6. The second-order valence-corrected chi connectivity index (χ2v) is 5.77. The first-order valence-corrected chi connectivity index (χ1v) is 7.90. The van der Waals surface area contributed by atoms with Gasteiger partial charge < -0.3 is 5.32 Å². The number of nitrogens with zero attached hydrogens (tertiary/aromatic N) is 2. The number of hydrogen-bond acceptors (Lipinski definition) is 4. The number of nitriles is 1. The summed E-state index contributed by atoms with van der Waals surface area (Å²) < 4.78 is 0. The maximum absolute atomic E-state index is 12.0. The van der Waals surface area contributed by atoms with E-state index in [0.717, 1.165) is 18.4 Å². The summed E-state index contributed by atoms with van der Waals surface area (Å²) in [4.78, 5) is 23.7. The molecule has 2 N–H and O–H groups in total. The number of benzene rings is 2. The molecule has 0 spiro atoms. The third kappa shape index (κ3) is 4.52. The zero-order valence-electron chi connectivity index (χ0n) is 13.4.